The molecule has 0 aromatic carbocycles. The summed E-state index contributed by atoms with van der Waals surface area (Å²) in [6, 6.07) is 4.66. The van der Waals surface area contributed by atoms with Crippen molar-refractivity contribution >= 4 is 28.8 Å². The minimum atomic E-state index is -1.26. The quantitative estimate of drug-likeness (QED) is 0.648. The predicted molar refractivity (Wildman–Crippen MR) is 74.2 cm³/mol. The summed E-state index contributed by atoms with van der Waals surface area (Å²) in [5, 5.41) is 24.6. The molecule has 0 bridgehead atoms. The summed E-state index contributed by atoms with van der Waals surface area (Å²) in [6.07, 6.45) is 1.04. The molecule has 2 rings (SSSR count). The van der Waals surface area contributed by atoms with Gasteiger partial charge in [-0.1, -0.05) is 6.07 Å². The van der Waals surface area contributed by atoms with Gasteiger partial charge in [-0.2, -0.15) is 0 Å². The van der Waals surface area contributed by atoms with Crippen LogP contribution in [0.15, 0.2) is 29.8 Å². The fourth-order valence-electron chi connectivity index (χ4n) is 1.65. The summed E-state index contributed by atoms with van der Waals surface area (Å²) in [6.45, 7) is 1.86. The number of nitro groups is 1. The van der Waals surface area contributed by atoms with Crippen LogP contribution in [0.25, 0.3) is 0 Å². The molecule has 8 heteroatoms. The van der Waals surface area contributed by atoms with E-state index in [2.05, 4.69) is 10.3 Å². The zero-order valence-corrected chi connectivity index (χ0v) is 11.3. The lowest BCUT2D eigenvalue weighted by Gasteiger charge is -2.14. The molecule has 2 N–H and O–H groups in total. The Kier molecular flexibility index (Phi) is 3.94. The molecule has 1 unspecified atom stereocenters. The van der Waals surface area contributed by atoms with Gasteiger partial charge in [-0.15, -0.1) is 11.3 Å². The molecule has 104 valence electrons. The van der Waals surface area contributed by atoms with Crippen LogP contribution < -0.4 is 5.32 Å². The minimum absolute atomic E-state index is 0.115. The molecule has 2 aromatic rings. The highest BCUT2D eigenvalue weighted by atomic mass is 32.1. The lowest BCUT2D eigenvalue weighted by Crippen LogP contribution is -2.12. The van der Waals surface area contributed by atoms with E-state index in [1.54, 1.807) is 0 Å². The summed E-state index contributed by atoms with van der Waals surface area (Å²) in [5.41, 5.74) is -0.570. The van der Waals surface area contributed by atoms with E-state index in [0.717, 1.165) is 17.1 Å². The molecule has 0 saturated carbocycles. The fraction of sp³-hybridized carbons (Fsp3) is 0.167. The van der Waals surface area contributed by atoms with E-state index < -0.39 is 10.9 Å². The highest BCUT2D eigenvalue weighted by Gasteiger charge is 2.19. The number of nitrogens with zero attached hydrogens (tertiary/aromatic N) is 2. The van der Waals surface area contributed by atoms with Gasteiger partial charge in [-0.05, 0) is 18.4 Å². The highest BCUT2D eigenvalue weighted by Crippen LogP contribution is 2.25. The molecule has 7 nitrogen and oxygen atoms in total. The number of aromatic nitrogens is 1. The zero-order valence-electron chi connectivity index (χ0n) is 10.4. The van der Waals surface area contributed by atoms with Gasteiger partial charge in [0, 0.05) is 10.9 Å². The first-order chi connectivity index (χ1) is 9.49. The Morgan fingerprint density at radius 2 is 2.35 bits per heavy atom. The lowest BCUT2D eigenvalue weighted by atomic mass is 10.2. The number of thiophene rings is 1. The first kappa shape index (κ1) is 13.9. The number of carboxylic acids is 1. The minimum Gasteiger partial charge on any atom is -0.478 e. The Balaban J connectivity index is 2.31. The molecule has 0 aliphatic rings. The molecular weight excluding hydrogens is 282 g/mol. The maximum atomic E-state index is 11.2. The number of hydrogen-bond acceptors (Lipinski definition) is 6. The van der Waals surface area contributed by atoms with Crippen LogP contribution in [0, 0.1) is 10.1 Å². The largest absolute Gasteiger partial charge is 0.478 e. The number of carboxylic acid groups (broad SMARTS) is 1. The lowest BCUT2D eigenvalue weighted by molar-refractivity contribution is -0.385. The molecule has 0 aliphatic carbocycles. The number of rotatable bonds is 5. The molecule has 0 aliphatic heterocycles. The fourth-order valence-corrected chi connectivity index (χ4v) is 2.38. The Labute approximate surface area is 118 Å². The number of aromatic carboxylic acids is 1. The molecule has 2 aromatic heterocycles. The van der Waals surface area contributed by atoms with Gasteiger partial charge >= 0.3 is 5.97 Å². The van der Waals surface area contributed by atoms with Crippen LogP contribution in [0.4, 0.5) is 11.5 Å². The standard InChI is InChI=1S/C12H11N3O4S/c1-7(10-3-2-4-20-10)14-11-9(12(16)17)5-8(6-13-11)15(18)19/h2-7H,1H3,(H,13,14)(H,16,17). The Bertz CT molecular complexity index is 642. The van der Waals surface area contributed by atoms with E-state index in [9.17, 15) is 14.9 Å². The van der Waals surface area contributed by atoms with Crippen molar-refractivity contribution < 1.29 is 14.8 Å². The number of pyridine rings is 1. The first-order valence-corrected chi connectivity index (χ1v) is 6.54. The SMILES string of the molecule is CC(Nc1ncc([N+](=O)[O-])cc1C(=O)O)c1cccs1. The van der Waals surface area contributed by atoms with E-state index >= 15 is 0 Å². The number of anilines is 1. The van der Waals surface area contributed by atoms with Crippen molar-refractivity contribution in [1.29, 1.82) is 0 Å². The van der Waals surface area contributed by atoms with Crippen molar-refractivity contribution in [1.82, 2.24) is 4.98 Å². The van der Waals surface area contributed by atoms with E-state index in [4.69, 9.17) is 5.11 Å². The van der Waals surface area contributed by atoms with E-state index in [1.807, 2.05) is 24.4 Å². The molecule has 0 fully saturated rings. The van der Waals surface area contributed by atoms with Crippen molar-refractivity contribution in [2.75, 3.05) is 5.32 Å². The van der Waals surface area contributed by atoms with Crippen LogP contribution in [-0.2, 0) is 0 Å². The van der Waals surface area contributed by atoms with Crippen molar-refractivity contribution in [2.24, 2.45) is 0 Å². The second-order valence-electron chi connectivity index (χ2n) is 4.03. The molecule has 1 atom stereocenters. The van der Waals surface area contributed by atoms with Gasteiger partial charge in [0.05, 0.1) is 11.0 Å². The third-order valence-electron chi connectivity index (χ3n) is 2.64. The predicted octanol–water partition coefficient (Wildman–Crippen LogP) is 2.92. The molecule has 0 amide bonds. The maximum absolute atomic E-state index is 11.2. The molecule has 0 saturated heterocycles. The molecule has 0 radical (unpaired) electrons. The van der Waals surface area contributed by atoms with Gasteiger partial charge in [0.15, 0.2) is 0 Å². The van der Waals surface area contributed by atoms with Crippen LogP contribution in [0.3, 0.4) is 0 Å². The Hall–Kier alpha value is -2.48. The number of carbonyl (C=O) groups is 1. The number of hydrogen-bond donors (Lipinski definition) is 2. The summed E-state index contributed by atoms with van der Waals surface area (Å²) in [5.74, 6) is -1.15. The third-order valence-corrected chi connectivity index (χ3v) is 3.69. The van der Waals surface area contributed by atoms with Crippen molar-refractivity contribution in [3.8, 4) is 0 Å². The van der Waals surface area contributed by atoms with Crippen LogP contribution in [0.5, 0.6) is 0 Å². The average Bonchev–Trinajstić information content (AvgIpc) is 2.92. The van der Waals surface area contributed by atoms with E-state index in [0.29, 0.717) is 0 Å². The van der Waals surface area contributed by atoms with Crippen LogP contribution in [-0.4, -0.2) is 21.0 Å². The normalized spacial score (nSPS) is 11.8. The Morgan fingerprint density at radius 1 is 1.60 bits per heavy atom. The van der Waals surface area contributed by atoms with Gasteiger partial charge in [-0.3, -0.25) is 10.1 Å². The van der Waals surface area contributed by atoms with Crippen molar-refractivity contribution in [3.63, 3.8) is 0 Å². The second-order valence-corrected chi connectivity index (χ2v) is 5.01. The second kappa shape index (κ2) is 5.66. The molecular formula is C12H11N3O4S. The maximum Gasteiger partial charge on any atom is 0.339 e. The average molecular weight is 293 g/mol. The molecule has 2 heterocycles. The van der Waals surface area contributed by atoms with Gasteiger partial charge in [0.2, 0.25) is 0 Å². The van der Waals surface area contributed by atoms with Crippen molar-refractivity contribution in [3.05, 3.63) is 50.3 Å². The van der Waals surface area contributed by atoms with Gasteiger partial charge in [0.1, 0.15) is 17.6 Å². The van der Waals surface area contributed by atoms with Crippen LogP contribution in [0.1, 0.15) is 28.2 Å². The van der Waals surface area contributed by atoms with Gasteiger partial charge in [-0.25, -0.2) is 9.78 Å². The molecule has 0 spiro atoms. The molecule has 20 heavy (non-hydrogen) atoms. The summed E-state index contributed by atoms with van der Waals surface area (Å²) in [7, 11) is 0. The Morgan fingerprint density at radius 3 is 2.90 bits per heavy atom. The monoisotopic (exact) mass is 293 g/mol. The smallest absolute Gasteiger partial charge is 0.339 e. The summed E-state index contributed by atoms with van der Waals surface area (Å²) >= 11 is 1.53. The highest BCUT2D eigenvalue weighted by molar-refractivity contribution is 7.10. The summed E-state index contributed by atoms with van der Waals surface area (Å²) in [4.78, 5) is 26.0. The van der Waals surface area contributed by atoms with E-state index in [1.165, 1.54) is 11.3 Å². The van der Waals surface area contributed by atoms with E-state index in [-0.39, 0.29) is 23.1 Å². The van der Waals surface area contributed by atoms with Crippen molar-refractivity contribution in [2.45, 2.75) is 13.0 Å². The zero-order chi connectivity index (χ0) is 14.7. The number of nitrogens with one attached hydrogen (secondary N) is 1. The third kappa shape index (κ3) is 2.91. The van der Waals surface area contributed by atoms with Crippen LogP contribution in [0.2, 0.25) is 0 Å². The van der Waals surface area contributed by atoms with Gasteiger partial charge < -0.3 is 10.4 Å². The first-order valence-electron chi connectivity index (χ1n) is 5.66. The van der Waals surface area contributed by atoms with Crippen LogP contribution >= 0.6 is 11.3 Å². The summed E-state index contributed by atoms with van der Waals surface area (Å²) < 4.78 is 0. The topological polar surface area (TPSA) is 105 Å². The van der Waals surface area contributed by atoms with Gasteiger partial charge in [0.25, 0.3) is 5.69 Å².